The largest absolute Gasteiger partial charge is 0.464 e. The first kappa shape index (κ1) is 14.8. The van der Waals surface area contributed by atoms with E-state index < -0.39 is 5.97 Å². The molecule has 0 N–H and O–H groups in total. The molecular weight excluding hydrogens is 254 g/mol. The molecule has 110 valence electrons. The molecule has 0 amide bonds. The van der Waals surface area contributed by atoms with E-state index in [2.05, 4.69) is 21.8 Å². The number of anilines is 1. The van der Waals surface area contributed by atoms with Crippen LogP contribution in [-0.2, 0) is 4.74 Å². The highest BCUT2D eigenvalue weighted by Crippen LogP contribution is 2.24. The van der Waals surface area contributed by atoms with Crippen molar-refractivity contribution in [3.63, 3.8) is 0 Å². The van der Waals surface area contributed by atoms with E-state index >= 15 is 0 Å². The molecule has 2 heterocycles. The number of ether oxygens (including phenoxy) is 1. The Labute approximate surface area is 120 Å². The zero-order valence-corrected chi connectivity index (χ0v) is 12.3. The summed E-state index contributed by atoms with van der Waals surface area (Å²) in [5.41, 5.74) is 0.277. The fourth-order valence-corrected chi connectivity index (χ4v) is 2.80. The van der Waals surface area contributed by atoms with Gasteiger partial charge >= 0.3 is 5.97 Å². The van der Waals surface area contributed by atoms with Gasteiger partial charge in [-0.1, -0.05) is 19.8 Å². The second kappa shape index (κ2) is 7.22. The van der Waals surface area contributed by atoms with Crippen molar-refractivity contribution in [2.45, 2.75) is 39.0 Å². The molecule has 1 unspecified atom stereocenters. The van der Waals surface area contributed by atoms with Crippen molar-refractivity contribution in [2.24, 2.45) is 5.92 Å². The predicted octanol–water partition coefficient (Wildman–Crippen LogP) is 2.67. The van der Waals surface area contributed by atoms with Gasteiger partial charge in [0.2, 0.25) is 0 Å². The molecule has 1 aliphatic rings. The first-order valence-electron chi connectivity index (χ1n) is 7.40. The summed E-state index contributed by atoms with van der Waals surface area (Å²) in [6.07, 6.45) is 9.39. The number of carbonyl (C=O) groups is 1. The lowest BCUT2D eigenvalue weighted by atomic mass is 9.96. The molecule has 0 radical (unpaired) electrons. The van der Waals surface area contributed by atoms with Crippen LogP contribution < -0.4 is 4.90 Å². The van der Waals surface area contributed by atoms with Gasteiger partial charge in [0.05, 0.1) is 19.5 Å². The maximum absolute atomic E-state index is 11.5. The number of hydrogen-bond donors (Lipinski definition) is 0. The highest BCUT2D eigenvalue weighted by Gasteiger charge is 2.18. The topological polar surface area (TPSA) is 55.3 Å². The summed E-state index contributed by atoms with van der Waals surface area (Å²) in [6, 6.07) is 0. The molecule has 5 nitrogen and oxygen atoms in total. The van der Waals surface area contributed by atoms with E-state index in [1.54, 1.807) is 6.20 Å². The van der Waals surface area contributed by atoms with Crippen LogP contribution in [-0.4, -0.2) is 36.1 Å². The summed E-state index contributed by atoms with van der Waals surface area (Å²) in [5, 5.41) is 0. The third-order valence-electron chi connectivity index (χ3n) is 3.88. The maximum Gasteiger partial charge on any atom is 0.358 e. The summed E-state index contributed by atoms with van der Waals surface area (Å²) in [5.74, 6) is 1.17. The molecule has 0 aromatic carbocycles. The summed E-state index contributed by atoms with van der Waals surface area (Å²) in [7, 11) is 1.36. The van der Waals surface area contributed by atoms with Crippen molar-refractivity contribution in [3.8, 4) is 0 Å². The Balaban J connectivity index is 2.05. The molecule has 0 spiro atoms. The van der Waals surface area contributed by atoms with Gasteiger partial charge in [0.15, 0.2) is 5.69 Å². The van der Waals surface area contributed by atoms with Crippen LogP contribution >= 0.6 is 0 Å². The van der Waals surface area contributed by atoms with Crippen molar-refractivity contribution in [3.05, 3.63) is 18.1 Å². The maximum atomic E-state index is 11.5. The molecule has 20 heavy (non-hydrogen) atoms. The minimum atomic E-state index is -0.432. The van der Waals surface area contributed by atoms with E-state index in [1.807, 2.05) is 0 Å². The second-order valence-electron chi connectivity index (χ2n) is 5.33. The number of carbonyl (C=O) groups excluding carboxylic acids is 1. The predicted molar refractivity (Wildman–Crippen MR) is 77.8 cm³/mol. The van der Waals surface area contributed by atoms with Gasteiger partial charge < -0.3 is 9.64 Å². The Kier molecular flexibility index (Phi) is 5.32. The molecule has 5 heteroatoms. The molecule has 1 fully saturated rings. The first-order valence-corrected chi connectivity index (χ1v) is 7.40. The first-order chi connectivity index (χ1) is 9.74. The van der Waals surface area contributed by atoms with Gasteiger partial charge in [-0.2, -0.15) is 0 Å². The lowest BCUT2D eigenvalue weighted by Crippen LogP contribution is -2.26. The van der Waals surface area contributed by atoms with E-state index in [1.165, 1.54) is 45.4 Å². The van der Waals surface area contributed by atoms with Crippen LogP contribution in [0, 0.1) is 5.92 Å². The number of esters is 1. The molecule has 0 aliphatic carbocycles. The number of aromatic nitrogens is 2. The minimum absolute atomic E-state index is 0.277. The molecule has 1 saturated heterocycles. The molecule has 0 saturated carbocycles. The second-order valence-corrected chi connectivity index (χ2v) is 5.33. The molecule has 1 aromatic rings. The normalized spacial score (nSPS) is 19.5. The molecule has 1 aromatic heterocycles. The third-order valence-corrected chi connectivity index (χ3v) is 3.88. The van der Waals surface area contributed by atoms with E-state index in [-0.39, 0.29) is 5.69 Å². The fraction of sp³-hybridized carbons (Fsp3) is 0.667. The average Bonchev–Trinajstić information content (AvgIpc) is 2.73. The number of rotatable bonds is 4. The number of hydrogen-bond acceptors (Lipinski definition) is 5. The highest BCUT2D eigenvalue weighted by atomic mass is 16.5. The Bertz CT molecular complexity index is 450. The zero-order valence-electron chi connectivity index (χ0n) is 12.3. The fourth-order valence-electron chi connectivity index (χ4n) is 2.80. The van der Waals surface area contributed by atoms with Crippen LogP contribution in [0.5, 0.6) is 0 Å². The number of methoxy groups -OCH3 is 1. The lowest BCUT2D eigenvalue weighted by molar-refractivity contribution is 0.0593. The van der Waals surface area contributed by atoms with Gasteiger partial charge in [-0.3, -0.25) is 4.98 Å². The molecule has 1 atom stereocenters. The van der Waals surface area contributed by atoms with Crippen LogP contribution in [0.1, 0.15) is 49.5 Å². The van der Waals surface area contributed by atoms with E-state index in [0.29, 0.717) is 0 Å². The van der Waals surface area contributed by atoms with Gasteiger partial charge in [-0.05, 0) is 25.2 Å². The van der Waals surface area contributed by atoms with Crippen molar-refractivity contribution >= 4 is 11.8 Å². The minimum Gasteiger partial charge on any atom is -0.464 e. The van der Waals surface area contributed by atoms with Crippen molar-refractivity contribution in [1.29, 1.82) is 0 Å². The van der Waals surface area contributed by atoms with Gasteiger partial charge in [0.1, 0.15) is 5.82 Å². The third kappa shape index (κ3) is 3.68. The van der Waals surface area contributed by atoms with Crippen LogP contribution in [0.4, 0.5) is 5.82 Å². The Morgan fingerprint density at radius 2 is 2.25 bits per heavy atom. The SMILES string of the molecule is CCCC1CCCN(c2cncc(C(=O)OC)n2)CC1. The van der Waals surface area contributed by atoms with Gasteiger partial charge in [-0.25, -0.2) is 9.78 Å². The summed E-state index contributed by atoms with van der Waals surface area (Å²) in [4.78, 5) is 22.2. The van der Waals surface area contributed by atoms with E-state index in [0.717, 1.165) is 24.8 Å². The zero-order chi connectivity index (χ0) is 14.4. The number of nitrogens with zero attached hydrogens (tertiary/aromatic N) is 3. The highest BCUT2D eigenvalue weighted by molar-refractivity contribution is 5.87. The standard InChI is InChI=1S/C15H23N3O2/c1-3-5-12-6-4-8-18(9-7-12)14-11-16-10-13(17-14)15(19)20-2/h10-12H,3-9H2,1-2H3. The van der Waals surface area contributed by atoms with E-state index in [4.69, 9.17) is 4.74 Å². The summed E-state index contributed by atoms with van der Waals surface area (Å²) >= 11 is 0. The van der Waals surface area contributed by atoms with Crippen molar-refractivity contribution in [1.82, 2.24) is 9.97 Å². The van der Waals surface area contributed by atoms with Gasteiger partial charge in [0.25, 0.3) is 0 Å². The van der Waals surface area contributed by atoms with Crippen molar-refractivity contribution < 1.29 is 9.53 Å². The summed E-state index contributed by atoms with van der Waals surface area (Å²) < 4.78 is 4.69. The monoisotopic (exact) mass is 277 g/mol. The quantitative estimate of drug-likeness (QED) is 0.792. The van der Waals surface area contributed by atoms with Crippen LogP contribution in [0.3, 0.4) is 0 Å². The molecule has 0 bridgehead atoms. The Morgan fingerprint density at radius 1 is 1.40 bits per heavy atom. The van der Waals surface area contributed by atoms with Gasteiger partial charge in [-0.15, -0.1) is 0 Å². The molecule has 1 aliphatic heterocycles. The van der Waals surface area contributed by atoms with Crippen molar-refractivity contribution in [2.75, 3.05) is 25.1 Å². The molecule has 2 rings (SSSR count). The lowest BCUT2D eigenvalue weighted by Gasteiger charge is -2.21. The Morgan fingerprint density at radius 3 is 3.00 bits per heavy atom. The smallest absolute Gasteiger partial charge is 0.358 e. The van der Waals surface area contributed by atoms with Crippen LogP contribution in [0.25, 0.3) is 0 Å². The van der Waals surface area contributed by atoms with Crippen LogP contribution in [0.15, 0.2) is 12.4 Å². The van der Waals surface area contributed by atoms with E-state index in [9.17, 15) is 4.79 Å². The van der Waals surface area contributed by atoms with Gasteiger partial charge in [0, 0.05) is 13.1 Å². The van der Waals surface area contributed by atoms with Crippen LogP contribution in [0.2, 0.25) is 0 Å². The molecular formula is C15H23N3O2. The Hall–Kier alpha value is -1.65. The summed E-state index contributed by atoms with van der Waals surface area (Å²) in [6.45, 7) is 4.22. The average molecular weight is 277 g/mol.